The molecule has 0 spiro atoms. The summed E-state index contributed by atoms with van der Waals surface area (Å²) in [6, 6.07) is 0. The molecule has 7 heteroatoms. The van der Waals surface area contributed by atoms with Crippen LogP contribution in [0.15, 0.2) is 0 Å². The SMILES string of the molecule is CCN(CC)CCn1c(N)c(C(N)=O)sc1=S. The second kappa shape index (κ2) is 6.13. The molecule has 0 fully saturated rings. The summed E-state index contributed by atoms with van der Waals surface area (Å²) < 4.78 is 2.38. The minimum absolute atomic E-state index is 0.356. The molecule has 96 valence electrons. The zero-order valence-corrected chi connectivity index (χ0v) is 11.7. The van der Waals surface area contributed by atoms with E-state index in [0.717, 1.165) is 19.6 Å². The van der Waals surface area contributed by atoms with Crippen molar-refractivity contribution in [1.29, 1.82) is 0 Å². The summed E-state index contributed by atoms with van der Waals surface area (Å²) in [6.45, 7) is 7.73. The Bertz CT molecular complexity index is 448. The first-order valence-electron chi connectivity index (χ1n) is 5.52. The van der Waals surface area contributed by atoms with Gasteiger partial charge in [0, 0.05) is 13.1 Å². The minimum Gasteiger partial charge on any atom is -0.384 e. The van der Waals surface area contributed by atoms with Gasteiger partial charge in [-0.05, 0) is 25.3 Å². The third-order valence-electron chi connectivity index (χ3n) is 2.69. The summed E-state index contributed by atoms with van der Waals surface area (Å²) in [5.74, 6) is -0.125. The van der Waals surface area contributed by atoms with Crippen LogP contribution in [0, 0.1) is 3.95 Å². The summed E-state index contributed by atoms with van der Waals surface area (Å²) in [6.07, 6.45) is 0. The molecule has 0 bridgehead atoms. The van der Waals surface area contributed by atoms with Crippen molar-refractivity contribution < 1.29 is 4.79 Å². The van der Waals surface area contributed by atoms with Gasteiger partial charge in [0.15, 0.2) is 3.95 Å². The van der Waals surface area contributed by atoms with Crippen molar-refractivity contribution in [2.75, 3.05) is 25.4 Å². The summed E-state index contributed by atoms with van der Waals surface area (Å²) in [4.78, 5) is 13.7. The third-order valence-corrected chi connectivity index (χ3v) is 4.17. The van der Waals surface area contributed by atoms with Gasteiger partial charge in [-0.2, -0.15) is 0 Å². The minimum atomic E-state index is -0.514. The molecule has 0 aliphatic heterocycles. The van der Waals surface area contributed by atoms with E-state index in [1.807, 2.05) is 0 Å². The van der Waals surface area contributed by atoms with Gasteiger partial charge in [0.25, 0.3) is 5.91 Å². The maximum atomic E-state index is 11.1. The monoisotopic (exact) mass is 274 g/mol. The molecule has 17 heavy (non-hydrogen) atoms. The van der Waals surface area contributed by atoms with Crippen molar-refractivity contribution in [3.8, 4) is 0 Å². The molecule has 0 radical (unpaired) electrons. The normalized spacial score (nSPS) is 11.0. The predicted octanol–water partition coefficient (Wildman–Crippen LogP) is 1.30. The lowest BCUT2D eigenvalue weighted by atomic mass is 10.4. The molecule has 0 aromatic carbocycles. The van der Waals surface area contributed by atoms with Crippen LogP contribution in [0.2, 0.25) is 0 Å². The summed E-state index contributed by atoms with van der Waals surface area (Å²) in [5.41, 5.74) is 11.1. The highest BCUT2D eigenvalue weighted by Gasteiger charge is 2.14. The van der Waals surface area contributed by atoms with Crippen LogP contribution in [0.25, 0.3) is 0 Å². The number of carbonyl (C=O) groups excluding carboxylic acids is 1. The number of hydrogen-bond acceptors (Lipinski definition) is 5. The number of amides is 1. The lowest BCUT2D eigenvalue weighted by Gasteiger charge is -2.18. The molecule has 0 saturated heterocycles. The van der Waals surface area contributed by atoms with E-state index in [9.17, 15) is 4.79 Å². The topological polar surface area (TPSA) is 77.3 Å². The maximum absolute atomic E-state index is 11.1. The molecule has 1 heterocycles. The first kappa shape index (κ1) is 14.1. The number of aromatic nitrogens is 1. The first-order valence-corrected chi connectivity index (χ1v) is 6.74. The number of thiazole rings is 1. The largest absolute Gasteiger partial charge is 0.384 e. The van der Waals surface area contributed by atoms with E-state index in [4.69, 9.17) is 23.7 Å². The summed E-state index contributed by atoms with van der Waals surface area (Å²) >= 11 is 6.35. The lowest BCUT2D eigenvalue weighted by Crippen LogP contribution is -2.27. The van der Waals surface area contributed by atoms with Gasteiger partial charge < -0.3 is 20.9 Å². The van der Waals surface area contributed by atoms with Crippen LogP contribution in [-0.2, 0) is 6.54 Å². The number of rotatable bonds is 6. The Morgan fingerprint density at radius 3 is 2.47 bits per heavy atom. The quantitative estimate of drug-likeness (QED) is 0.767. The van der Waals surface area contributed by atoms with Gasteiger partial charge >= 0.3 is 0 Å². The third kappa shape index (κ3) is 3.27. The van der Waals surface area contributed by atoms with Crippen LogP contribution in [-0.4, -0.2) is 35.0 Å². The van der Waals surface area contributed by atoms with Crippen molar-refractivity contribution in [1.82, 2.24) is 9.47 Å². The van der Waals surface area contributed by atoms with Crippen molar-refractivity contribution in [3.63, 3.8) is 0 Å². The van der Waals surface area contributed by atoms with E-state index in [2.05, 4.69) is 18.7 Å². The van der Waals surface area contributed by atoms with E-state index in [1.54, 1.807) is 4.57 Å². The summed E-state index contributed by atoms with van der Waals surface area (Å²) in [7, 11) is 0. The van der Waals surface area contributed by atoms with E-state index >= 15 is 0 Å². The number of nitrogen functional groups attached to an aromatic ring is 1. The molecular weight excluding hydrogens is 256 g/mol. The fraction of sp³-hybridized carbons (Fsp3) is 0.600. The van der Waals surface area contributed by atoms with Crippen molar-refractivity contribution >= 4 is 35.3 Å². The molecule has 0 unspecified atom stereocenters. The molecule has 4 N–H and O–H groups in total. The van der Waals surface area contributed by atoms with Crippen LogP contribution in [0.4, 0.5) is 5.82 Å². The Morgan fingerprint density at radius 1 is 1.47 bits per heavy atom. The van der Waals surface area contributed by atoms with Crippen LogP contribution in [0.3, 0.4) is 0 Å². The van der Waals surface area contributed by atoms with E-state index in [0.29, 0.717) is 21.2 Å². The number of carbonyl (C=O) groups is 1. The average Bonchev–Trinajstić information content (AvgIpc) is 2.57. The van der Waals surface area contributed by atoms with Gasteiger partial charge in [-0.15, -0.1) is 0 Å². The zero-order valence-electron chi connectivity index (χ0n) is 10.1. The Kier molecular flexibility index (Phi) is 5.10. The molecule has 0 aliphatic rings. The lowest BCUT2D eigenvalue weighted by molar-refractivity contribution is 0.100. The molecule has 0 aliphatic carbocycles. The van der Waals surface area contributed by atoms with Crippen LogP contribution in [0.5, 0.6) is 0 Å². The fourth-order valence-corrected chi connectivity index (χ4v) is 2.81. The van der Waals surface area contributed by atoms with E-state index in [-0.39, 0.29) is 0 Å². The molecule has 1 aromatic rings. The van der Waals surface area contributed by atoms with Crippen LogP contribution >= 0.6 is 23.6 Å². The smallest absolute Gasteiger partial charge is 0.262 e. The van der Waals surface area contributed by atoms with Crippen molar-refractivity contribution in [3.05, 3.63) is 8.83 Å². The number of nitrogens with two attached hydrogens (primary N) is 2. The molecule has 1 aromatic heterocycles. The molecule has 0 saturated carbocycles. The Hall–Kier alpha value is -0.920. The number of nitrogens with zero attached hydrogens (tertiary/aromatic N) is 2. The average molecular weight is 274 g/mol. The Labute approximate surface area is 110 Å². The Balaban J connectivity index is 2.85. The number of likely N-dealkylation sites (N-methyl/N-ethyl adjacent to an activating group) is 1. The highest BCUT2D eigenvalue weighted by atomic mass is 32.1. The highest BCUT2D eigenvalue weighted by molar-refractivity contribution is 7.73. The first-order chi connectivity index (χ1) is 8.01. The highest BCUT2D eigenvalue weighted by Crippen LogP contribution is 2.21. The maximum Gasteiger partial charge on any atom is 0.262 e. The van der Waals surface area contributed by atoms with Gasteiger partial charge in [-0.3, -0.25) is 4.79 Å². The molecule has 5 nitrogen and oxygen atoms in total. The van der Waals surface area contributed by atoms with Gasteiger partial charge in [0.05, 0.1) is 0 Å². The second-order valence-corrected chi connectivity index (χ2v) is 5.27. The molecule has 1 rings (SSSR count). The molecule has 1 amide bonds. The van der Waals surface area contributed by atoms with Crippen LogP contribution < -0.4 is 11.5 Å². The summed E-state index contributed by atoms with van der Waals surface area (Å²) in [5, 5.41) is 0. The molecular formula is C10H18N4OS2. The van der Waals surface area contributed by atoms with Gasteiger partial charge in [-0.25, -0.2) is 0 Å². The standard InChI is InChI=1S/C10H18N4OS2/c1-3-13(4-2)5-6-14-8(11)7(9(12)15)17-10(14)16/h3-6,11H2,1-2H3,(H2,12,15). The predicted molar refractivity (Wildman–Crippen MR) is 73.9 cm³/mol. The Morgan fingerprint density at radius 2 is 2.06 bits per heavy atom. The van der Waals surface area contributed by atoms with Crippen LogP contribution in [0.1, 0.15) is 23.5 Å². The fourth-order valence-electron chi connectivity index (χ4n) is 1.59. The second-order valence-electron chi connectivity index (χ2n) is 3.63. The number of hydrogen-bond donors (Lipinski definition) is 2. The zero-order chi connectivity index (χ0) is 13.0. The number of primary amides is 1. The van der Waals surface area contributed by atoms with E-state index < -0.39 is 5.91 Å². The van der Waals surface area contributed by atoms with Gasteiger partial charge in [0.2, 0.25) is 0 Å². The molecule has 0 atom stereocenters. The van der Waals surface area contributed by atoms with Gasteiger partial charge in [0.1, 0.15) is 10.7 Å². The van der Waals surface area contributed by atoms with Gasteiger partial charge in [-0.1, -0.05) is 25.2 Å². The van der Waals surface area contributed by atoms with E-state index in [1.165, 1.54) is 11.3 Å². The van der Waals surface area contributed by atoms with Crippen molar-refractivity contribution in [2.45, 2.75) is 20.4 Å². The number of anilines is 1. The van der Waals surface area contributed by atoms with Crippen molar-refractivity contribution in [2.24, 2.45) is 5.73 Å².